The molecule has 1 amide bonds. The molecular weight excluding hydrogens is 400 g/mol. The van der Waals surface area contributed by atoms with Crippen molar-refractivity contribution < 1.29 is 9.90 Å². The average molecular weight is 414 g/mol. The first-order chi connectivity index (χ1) is 9.97. The highest BCUT2D eigenvalue weighted by Crippen LogP contribution is 2.30. The van der Waals surface area contributed by atoms with Gasteiger partial charge in [0.15, 0.2) is 0 Å². The summed E-state index contributed by atoms with van der Waals surface area (Å²) in [6.07, 6.45) is 0.397. The lowest BCUT2D eigenvalue weighted by Gasteiger charge is -2.14. The molecule has 4 N–H and O–H groups in total. The van der Waals surface area contributed by atoms with Gasteiger partial charge in [0, 0.05) is 8.95 Å². The maximum Gasteiger partial charge on any atom is 0.241 e. The highest BCUT2D eigenvalue weighted by molar-refractivity contribution is 9.11. The van der Waals surface area contributed by atoms with Gasteiger partial charge < -0.3 is 16.2 Å². The molecule has 4 nitrogen and oxygen atoms in total. The molecule has 110 valence electrons. The van der Waals surface area contributed by atoms with Crippen molar-refractivity contribution >= 4 is 43.5 Å². The Labute approximate surface area is 139 Å². The lowest BCUT2D eigenvalue weighted by atomic mass is 10.1. The molecular formula is C15H14Br2N2O2. The number of amides is 1. The first-order valence-corrected chi connectivity index (χ1v) is 7.84. The van der Waals surface area contributed by atoms with Crippen molar-refractivity contribution in [1.82, 2.24) is 0 Å². The van der Waals surface area contributed by atoms with Gasteiger partial charge in [0.1, 0.15) is 5.75 Å². The molecule has 0 saturated carbocycles. The topological polar surface area (TPSA) is 75.3 Å². The number of anilines is 1. The average Bonchev–Trinajstić information content (AvgIpc) is 2.45. The third kappa shape index (κ3) is 4.30. The predicted molar refractivity (Wildman–Crippen MR) is 90.3 cm³/mol. The molecule has 2 aromatic carbocycles. The lowest BCUT2D eigenvalue weighted by molar-refractivity contribution is -0.117. The number of rotatable bonds is 4. The number of nitrogens with one attached hydrogen (secondary N) is 1. The number of carbonyl (C=O) groups excluding carboxylic acids is 1. The molecule has 0 aliphatic heterocycles. The molecule has 2 aromatic rings. The van der Waals surface area contributed by atoms with E-state index >= 15 is 0 Å². The standard InChI is InChI=1S/C15H14Br2N2O2/c16-11-2-1-3-12(17)14(11)19-15(21)13(18)8-9-4-6-10(20)7-5-9/h1-7,13,20H,8,18H2,(H,19,21)/t13-/m0/s1. The van der Waals surface area contributed by atoms with Crippen molar-refractivity contribution in [3.8, 4) is 5.75 Å². The van der Waals surface area contributed by atoms with Gasteiger partial charge in [-0.2, -0.15) is 0 Å². The quantitative estimate of drug-likeness (QED) is 0.718. The Balaban J connectivity index is 2.04. The molecule has 0 aliphatic rings. The Morgan fingerprint density at radius 3 is 2.29 bits per heavy atom. The van der Waals surface area contributed by atoms with Gasteiger partial charge in [-0.05, 0) is 68.1 Å². The number of nitrogens with two attached hydrogens (primary N) is 1. The zero-order chi connectivity index (χ0) is 15.4. The molecule has 0 radical (unpaired) electrons. The fourth-order valence-corrected chi connectivity index (χ4v) is 3.01. The second kappa shape index (κ2) is 7.06. The fourth-order valence-electron chi connectivity index (χ4n) is 1.81. The van der Waals surface area contributed by atoms with E-state index in [1.54, 1.807) is 24.3 Å². The normalized spacial score (nSPS) is 12.0. The van der Waals surface area contributed by atoms with Crippen molar-refractivity contribution in [2.75, 3.05) is 5.32 Å². The van der Waals surface area contributed by atoms with Crippen molar-refractivity contribution in [1.29, 1.82) is 0 Å². The van der Waals surface area contributed by atoms with Gasteiger partial charge >= 0.3 is 0 Å². The van der Waals surface area contributed by atoms with Gasteiger partial charge in [-0.1, -0.05) is 18.2 Å². The van der Waals surface area contributed by atoms with Crippen LogP contribution in [0.2, 0.25) is 0 Å². The summed E-state index contributed by atoms with van der Waals surface area (Å²) in [5, 5.41) is 12.0. The fraction of sp³-hybridized carbons (Fsp3) is 0.133. The summed E-state index contributed by atoms with van der Waals surface area (Å²) in [4.78, 5) is 12.2. The summed E-state index contributed by atoms with van der Waals surface area (Å²) < 4.78 is 1.56. The van der Waals surface area contributed by atoms with Crippen LogP contribution < -0.4 is 11.1 Å². The largest absolute Gasteiger partial charge is 0.508 e. The first kappa shape index (κ1) is 16.0. The van der Waals surface area contributed by atoms with E-state index in [1.165, 1.54) is 0 Å². The molecule has 6 heteroatoms. The molecule has 0 aromatic heterocycles. The van der Waals surface area contributed by atoms with Crippen LogP contribution in [-0.4, -0.2) is 17.1 Å². The van der Waals surface area contributed by atoms with E-state index in [1.807, 2.05) is 18.2 Å². The highest BCUT2D eigenvalue weighted by atomic mass is 79.9. The van der Waals surface area contributed by atoms with Crippen LogP contribution in [0.15, 0.2) is 51.4 Å². The number of hydrogen-bond acceptors (Lipinski definition) is 3. The van der Waals surface area contributed by atoms with Gasteiger partial charge in [-0.25, -0.2) is 0 Å². The van der Waals surface area contributed by atoms with E-state index in [9.17, 15) is 9.90 Å². The Bertz CT molecular complexity index is 624. The third-order valence-corrected chi connectivity index (χ3v) is 4.26. The molecule has 2 rings (SSSR count). The molecule has 0 aliphatic carbocycles. The summed E-state index contributed by atoms with van der Waals surface area (Å²) in [5.74, 6) is -0.0791. The summed E-state index contributed by atoms with van der Waals surface area (Å²) >= 11 is 6.77. The SMILES string of the molecule is N[C@@H](Cc1ccc(O)cc1)C(=O)Nc1c(Br)cccc1Br. The van der Waals surface area contributed by atoms with E-state index < -0.39 is 6.04 Å². The minimum absolute atomic E-state index is 0.189. The van der Waals surface area contributed by atoms with Gasteiger partial charge in [-0.15, -0.1) is 0 Å². The monoisotopic (exact) mass is 412 g/mol. The number of benzene rings is 2. The van der Waals surface area contributed by atoms with Crippen LogP contribution >= 0.6 is 31.9 Å². The van der Waals surface area contributed by atoms with Crippen LogP contribution in [0.4, 0.5) is 5.69 Å². The summed E-state index contributed by atoms with van der Waals surface area (Å²) in [7, 11) is 0. The number of hydrogen-bond donors (Lipinski definition) is 3. The van der Waals surface area contributed by atoms with Crippen LogP contribution in [0.5, 0.6) is 5.75 Å². The number of phenols is 1. The Kier molecular flexibility index (Phi) is 5.39. The molecule has 0 fully saturated rings. The molecule has 1 atom stereocenters. The number of halogens is 2. The predicted octanol–water partition coefficient (Wildman–Crippen LogP) is 3.43. The second-order valence-corrected chi connectivity index (χ2v) is 6.27. The van der Waals surface area contributed by atoms with Gasteiger partial charge in [0.25, 0.3) is 0 Å². The lowest BCUT2D eigenvalue weighted by Crippen LogP contribution is -2.37. The van der Waals surface area contributed by atoms with Crippen LogP contribution in [0.1, 0.15) is 5.56 Å². The number of phenolic OH excluding ortho intramolecular Hbond substituents is 1. The van der Waals surface area contributed by atoms with Gasteiger partial charge in [0.05, 0.1) is 11.7 Å². The number of carbonyl (C=O) groups is 1. The minimum atomic E-state index is -0.673. The van der Waals surface area contributed by atoms with Crippen molar-refractivity contribution in [2.45, 2.75) is 12.5 Å². The third-order valence-electron chi connectivity index (χ3n) is 2.94. The summed E-state index contributed by atoms with van der Waals surface area (Å²) in [5.41, 5.74) is 7.48. The van der Waals surface area contributed by atoms with Gasteiger partial charge in [0.2, 0.25) is 5.91 Å². The molecule has 0 saturated heterocycles. The van der Waals surface area contributed by atoms with E-state index in [0.29, 0.717) is 12.1 Å². The molecule has 0 heterocycles. The molecule has 0 spiro atoms. The maximum atomic E-state index is 12.2. The van der Waals surface area contributed by atoms with Crippen molar-refractivity contribution in [3.05, 3.63) is 57.0 Å². The van der Waals surface area contributed by atoms with Gasteiger partial charge in [-0.3, -0.25) is 4.79 Å². The number of para-hydroxylation sites is 1. The van der Waals surface area contributed by atoms with Crippen molar-refractivity contribution in [3.63, 3.8) is 0 Å². The molecule has 0 bridgehead atoms. The number of aromatic hydroxyl groups is 1. The van der Waals surface area contributed by atoms with Crippen LogP contribution in [-0.2, 0) is 11.2 Å². The highest BCUT2D eigenvalue weighted by Gasteiger charge is 2.16. The molecule has 21 heavy (non-hydrogen) atoms. The Hall–Kier alpha value is -1.37. The van der Waals surface area contributed by atoms with E-state index in [-0.39, 0.29) is 11.7 Å². The molecule has 0 unspecified atom stereocenters. The Morgan fingerprint density at radius 1 is 1.14 bits per heavy atom. The second-order valence-electron chi connectivity index (χ2n) is 4.56. The van der Waals surface area contributed by atoms with Crippen LogP contribution in [0.25, 0.3) is 0 Å². The summed E-state index contributed by atoms with van der Waals surface area (Å²) in [6, 6.07) is 11.5. The van der Waals surface area contributed by atoms with E-state index in [2.05, 4.69) is 37.2 Å². The first-order valence-electron chi connectivity index (χ1n) is 6.25. The maximum absolute atomic E-state index is 12.2. The zero-order valence-corrected chi connectivity index (χ0v) is 14.2. The minimum Gasteiger partial charge on any atom is -0.508 e. The summed E-state index contributed by atoms with van der Waals surface area (Å²) in [6.45, 7) is 0. The van der Waals surface area contributed by atoms with E-state index in [4.69, 9.17) is 5.73 Å². The van der Waals surface area contributed by atoms with E-state index in [0.717, 1.165) is 14.5 Å². The smallest absolute Gasteiger partial charge is 0.241 e. The van der Waals surface area contributed by atoms with Crippen LogP contribution in [0.3, 0.4) is 0 Å². The zero-order valence-electron chi connectivity index (χ0n) is 11.0. The van der Waals surface area contributed by atoms with Crippen molar-refractivity contribution in [2.24, 2.45) is 5.73 Å². The van der Waals surface area contributed by atoms with Crippen LogP contribution in [0, 0.1) is 0 Å². The Morgan fingerprint density at radius 2 is 1.71 bits per heavy atom.